The van der Waals surface area contributed by atoms with E-state index >= 15 is 0 Å². The molecule has 148 valence electrons. The van der Waals surface area contributed by atoms with Crippen LogP contribution in [0.5, 0.6) is 0 Å². The topological polar surface area (TPSA) is 75.6 Å². The van der Waals surface area contributed by atoms with E-state index in [1.165, 1.54) is 12.1 Å². The van der Waals surface area contributed by atoms with Gasteiger partial charge in [0, 0.05) is 19.8 Å². The van der Waals surface area contributed by atoms with Crippen molar-refractivity contribution < 1.29 is 23.8 Å². The molecule has 2 fully saturated rings. The molecular weight excluding hydrogens is 349 g/mol. The first-order chi connectivity index (χ1) is 13.0. The van der Waals surface area contributed by atoms with E-state index < -0.39 is 17.3 Å². The zero-order valence-corrected chi connectivity index (χ0v) is 15.6. The molecule has 1 saturated heterocycles. The maximum absolute atomic E-state index is 13.8. The number of rotatable bonds is 6. The molecule has 1 atom stereocenters. The summed E-state index contributed by atoms with van der Waals surface area (Å²) in [6.45, 7) is 1.24. The van der Waals surface area contributed by atoms with Gasteiger partial charge in [-0.3, -0.25) is 9.59 Å². The van der Waals surface area contributed by atoms with Gasteiger partial charge >= 0.3 is 5.97 Å². The molecule has 1 amide bonds. The third-order valence-corrected chi connectivity index (χ3v) is 6.15. The number of ether oxygens (including phenoxy) is 1. The van der Waals surface area contributed by atoms with Gasteiger partial charge in [-0.25, -0.2) is 4.39 Å². The number of carbonyl (C=O) groups excluding carboxylic acids is 1. The summed E-state index contributed by atoms with van der Waals surface area (Å²) >= 11 is 0. The fraction of sp³-hybridized carbons (Fsp3) is 0.619. The lowest BCUT2D eigenvalue weighted by Crippen LogP contribution is -2.48. The average molecular weight is 377 g/mol. The van der Waals surface area contributed by atoms with Crippen LogP contribution < -0.4 is 5.32 Å². The Balaban J connectivity index is 1.75. The summed E-state index contributed by atoms with van der Waals surface area (Å²) in [5, 5.41) is 12.5. The number of carbonyl (C=O) groups is 2. The Kier molecular flexibility index (Phi) is 6.47. The van der Waals surface area contributed by atoms with Gasteiger partial charge in [0.2, 0.25) is 5.91 Å². The molecule has 1 saturated carbocycles. The second-order valence-corrected chi connectivity index (χ2v) is 7.76. The van der Waals surface area contributed by atoms with Crippen molar-refractivity contribution in [3.63, 3.8) is 0 Å². The second kappa shape index (κ2) is 8.83. The van der Waals surface area contributed by atoms with Crippen molar-refractivity contribution in [2.75, 3.05) is 19.8 Å². The van der Waals surface area contributed by atoms with Crippen molar-refractivity contribution in [3.8, 4) is 0 Å². The Morgan fingerprint density at radius 2 is 1.93 bits per heavy atom. The van der Waals surface area contributed by atoms with Crippen LogP contribution >= 0.6 is 0 Å². The normalized spacial score (nSPS) is 21.4. The average Bonchev–Trinajstić information content (AvgIpc) is 2.69. The third-order valence-electron chi connectivity index (χ3n) is 6.15. The molecule has 27 heavy (non-hydrogen) atoms. The Bertz CT molecular complexity index is 666. The molecule has 5 nitrogen and oxygen atoms in total. The number of aliphatic carboxylic acids is 1. The highest BCUT2D eigenvalue weighted by atomic mass is 19.1. The van der Waals surface area contributed by atoms with E-state index in [9.17, 15) is 19.1 Å². The van der Waals surface area contributed by atoms with Gasteiger partial charge < -0.3 is 15.2 Å². The minimum Gasteiger partial charge on any atom is -0.481 e. The summed E-state index contributed by atoms with van der Waals surface area (Å²) in [7, 11) is 0. The minimum absolute atomic E-state index is 0.00743. The van der Waals surface area contributed by atoms with Crippen molar-refractivity contribution in [3.05, 3.63) is 35.6 Å². The molecule has 0 spiro atoms. The Morgan fingerprint density at radius 3 is 2.56 bits per heavy atom. The van der Waals surface area contributed by atoms with Crippen LogP contribution in [0, 0.1) is 17.7 Å². The van der Waals surface area contributed by atoms with Crippen molar-refractivity contribution in [2.24, 2.45) is 11.8 Å². The predicted octanol–water partition coefficient (Wildman–Crippen LogP) is 3.27. The summed E-state index contributed by atoms with van der Waals surface area (Å²) in [6.07, 6.45) is 5.60. The van der Waals surface area contributed by atoms with E-state index in [4.69, 9.17) is 4.74 Å². The largest absolute Gasteiger partial charge is 0.481 e. The van der Waals surface area contributed by atoms with Gasteiger partial charge in [0.25, 0.3) is 0 Å². The zero-order chi connectivity index (χ0) is 19.3. The molecule has 1 unspecified atom stereocenters. The van der Waals surface area contributed by atoms with Crippen molar-refractivity contribution >= 4 is 11.9 Å². The van der Waals surface area contributed by atoms with Crippen molar-refractivity contribution in [2.45, 2.75) is 50.4 Å². The molecule has 3 rings (SSSR count). The van der Waals surface area contributed by atoms with Crippen LogP contribution in [0.25, 0.3) is 0 Å². The maximum atomic E-state index is 13.8. The summed E-state index contributed by atoms with van der Waals surface area (Å²) < 4.78 is 19.1. The minimum atomic E-state index is -0.884. The first-order valence-electron chi connectivity index (χ1n) is 9.88. The molecular formula is C21H28FNO4. The van der Waals surface area contributed by atoms with Crippen LogP contribution in [-0.4, -0.2) is 36.7 Å². The van der Waals surface area contributed by atoms with Gasteiger partial charge in [-0.05, 0) is 49.3 Å². The Labute approximate surface area is 159 Å². The van der Waals surface area contributed by atoms with E-state index in [0.29, 0.717) is 44.5 Å². The fourth-order valence-electron chi connectivity index (χ4n) is 4.53. The van der Waals surface area contributed by atoms with Crippen LogP contribution in [0.15, 0.2) is 24.3 Å². The van der Waals surface area contributed by atoms with E-state index in [2.05, 4.69) is 5.32 Å². The Morgan fingerprint density at radius 1 is 1.22 bits per heavy atom. The van der Waals surface area contributed by atoms with Gasteiger partial charge in [-0.1, -0.05) is 31.4 Å². The number of nitrogens with one attached hydrogen (secondary N) is 1. The van der Waals surface area contributed by atoms with Crippen molar-refractivity contribution in [1.29, 1.82) is 0 Å². The quantitative estimate of drug-likeness (QED) is 0.798. The van der Waals surface area contributed by atoms with Gasteiger partial charge in [0.15, 0.2) is 0 Å². The molecule has 2 aliphatic rings. The number of amides is 1. The number of benzene rings is 1. The lowest BCUT2D eigenvalue weighted by molar-refractivity contribution is -0.145. The van der Waals surface area contributed by atoms with Gasteiger partial charge in [0.1, 0.15) is 5.82 Å². The molecule has 0 bridgehead atoms. The number of hydrogen-bond donors (Lipinski definition) is 2. The second-order valence-electron chi connectivity index (χ2n) is 7.76. The fourth-order valence-corrected chi connectivity index (χ4v) is 4.53. The summed E-state index contributed by atoms with van der Waals surface area (Å²) in [4.78, 5) is 24.9. The predicted molar refractivity (Wildman–Crippen MR) is 98.8 cm³/mol. The highest BCUT2D eigenvalue weighted by Gasteiger charge is 2.42. The summed E-state index contributed by atoms with van der Waals surface area (Å²) in [5.41, 5.74) is -0.0725. The van der Waals surface area contributed by atoms with Crippen LogP contribution in [-0.2, 0) is 19.7 Å². The third kappa shape index (κ3) is 4.49. The lowest BCUT2D eigenvalue weighted by Gasteiger charge is -2.37. The number of carboxylic acid groups (broad SMARTS) is 1. The van der Waals surface area contributed by atoms with Crippen molar-refractivity contribution in [1.82, 2.24) is 5.32 Å². The molecule has 6 heteroatoms. The van der Waals surface area contributed by atoms with E-state index in [1.54, 1.807) is 12.1 Å². The molecule has 1 aromatic rings. The highest BCUT2D eigenvalue weighted by Crippen LogP contribution is 2.40. The first kappa shape index (κ1) is 19.8. The lowest BCUT2D eigenvalue weighted by atomic mass is 9.68. The van der Waals surface area contributed by atoms with Crippen LogP contribution in [0.4, 0.5) is 4.39 Å². The number of hydrogen-bond acceptors (Lipinski definition) is 3. The molecule has 1 heterocycles. The zero-order valence-electron chi connectivity index (χ0n) is 15.6. The number of carboxylic acids is 1. The molecule has 1 aliphatic heterocycles. The van der Waals surface area contributed by atoms with E-state index in [1.807, 2.05) is 0 Å². The first-order valence-corrected chi connectivity index (χ1v) is 9.88. The van der Waals surface area contributed by atoms with Gasteiger partial charge in [0.05, 0.1) is 11.3 Å². The molecule has 1 aliphatic carbocycles. The van der Waals surface area contributed by atoms with E-state index in [0.717, 1.165) is 19.3 Å². The van der Waals surface area contributed by atoms with Crippen LogP contribution in [0.2, 0.25) is 0 Å². The number of halogens is 1. The maximum Gasteiger partial charge on any atom is 0.308 e. The van der Waals surface area contributed by atoms with Gasteiger partial charge in [-0.2, -0.15) is 0 Å². The molecule has 1 aromatic carbocycles. The smallest absolute Gasteiger partial charge is 0.308 e. The van der Waals surface area contributed by atoms with Crippen LogP contribution in [0.1, 0.15) is 50.5 Å². The highest BCUT2D eigenvalue weighted by molar-refractivity contribution is 5.88. The SMILES string of the molecule is O=C(O)C(CNC(=O)C1(c2cccc(F)c2)CCCCC1)C1CCOCC1. The molecule has 0 radical (unpaired) electrons. The summed E-state index contributed by atoms with van der Waals surface area (Å²) in [5.74, 6) is -2.02. The Hall–Kier alpha value is -1.95. The standard InChI is InChI=1S/C21H28FNO4/c22-17-6-4-5-16(13-17)21(9-2-1-3-10-21)20(26)23-14-18(19(24)25)15-7-11-27-12-8-15/h4-6,13,15,18H,1-3,7-12,14H2,(H,23,26)(H,24,25). The molecule has 2 N–H and O–H groups in total. The summed E-state index contributed by atoms with van der Waals surface area (Å²) in [6, 6.07) is 6.26. The van der Waals surface area contributed by atoms with Gasteiger partial charge in [-0.15, -0.1) is 0 Å². The monoisotopic (exact) mass is 377 g/mol. The van der Waals surface area contributed by atoms with Crippen LogP contribution in [0.3, 0.4) is 0 Å². The van der Waals surface area contributed by atoms with E-state index in [-0.39, 0.29) is 24.2 Å². The molecule has 0 aromatic heterocycles.